The van der Waals surface area contributed by atoms with Crippen LogP contribution in [0.3, 0.4) is 0 Å². The molecule has 3 fully saturated rings. The van der Waals surface area contributed by atoms with Crippen LogP contribution in [0.1, 0.15) is 44.9 Å². The minimum atomic E-state index is -0.136. The van der Waals surface area contributed by atoms with Crippen molar-refractivity contribution in [2.75, 3.05) is 13.2 Å². The fraction of sp³-hybridized carbons (Fsp3) is 1.00. The highest BCUT2D eigenvalue weighted by Crippen LogP contribution is 2.49. The summed E-state index contributed by atoms with van der Waals surface area (Å²) >= 11 is 0. The summed E-state index contributed by atoms with van der Waals surface area (Å²) in [6.07, 6.45) is 9.44. The summed E-state index contributed by atoms with van der Waals surface area (Å²) in [6, 6.07) is 0. The van der Waals surface area contributed by atoms with Crippen molar-refractivity contribution in [3.8, 4) is 0 Å². The number of rotatable bonds is 0. The van der Waals surface area contributed by atoms with Crippen LogP contribution < -0.4 is 0 Å². The molecular formula is C12H20O2. The smallest absolute Gasteiger partial charge is 0.171 e. The first-order chi connectivity index (χ1) is 6.91. The molecule has 0 amide bonds. The molecule has 14 heavy (non-hydrogen) atoms. The quantitative estimate of drug-likeness (QED) is 0.593. The van der Waals surface area contributed by atoms with E-state index in [1.165, 1.54) is 38.5 Å². The Labute approximate surface area is 86.0 Å². The highest BCUT2D eigenvalue weighted by molar-refractivity contribution is 4.93. The van der Waals surface area contributed by atoms with E-state index in [4.69, 9.17) is 9.47 Å². The average Bonchev–Trinajstić information content (AvgIpc) is 2.68. The van der Waals surface area contributed by atoms with Gasteiger partial charge in [0, 0.05) is 12.3 Å². The van der Waals surface area contributed by atoms with Crippen LogP contribution in [0.2, 0.25) is 0 Å². The molecule has 0 radical (unpaired) electrons. The minimum absolute atomic E-state index is 0.136. The second-order valence-electron chi connectivity index (χ2n) is 5.05. The topological polar surface area (TPSA) is 18.5 Å². The van der Waals surface area contributed by atoms with E-state index in [0.717, 1.165) is 25.6 Å². The Kier molecular flexibility index (Phi) is 2.29. The van der Waals surface area contributed by atoms with Crippen molar-refractivity contribution < 1.29 is 9.47 Å². The van der Waals surface area contributed by atoms with E-state index < -0.39 is 0 Å². The lowest BCUT2D eigenvalue weighted by atomic mass is 9.67. The van der Waals surface area contributed by atoms with Gasteiger partial charge in [0.25, 0.3) is 0 Å². The lowest BCUT2D eigenvalue weighted by Crippen LogP contribution is -2.47. The summed E-state index contributed by atoms with van der Waals surface area (Å²) < 4.78 is 11.9. The number of ether oxygens (including phenoxy) is 2. The van der Waals surface area contributed by atoms with Gasteiger partial charge in [0.2, 0.25) is 0 Å². The summed E-state index contributed by atoms with van der Waals surface area (Å²) in [7, 11) is 0. The van der Waals surface area contributed by atoms with Gasteiger partial charge in [-0.1, -0.05) is 12.8 Å². The lowest BCUT2D eigenvalue weighted by Gasteiger charge is -2.46. The first kappa shape index (κ1) is 9.17. The normalized spacial score (nSPS) is 41.1. The Hall–Kier alpha value is -0.0800. The third kappa shape index (κ3) is 1.31. The second kappa shape index (κ2) is 3.49. The highest BCUT2D eigenvalue weighted by atomic mass is 16.7. The zero-order chi connectivity index (χ0) is 9.43. The third-order valence-corrected chi connectivity index (χ3v) is 4.35. The molecule has 2 aliphatic carbocycles. The highest BCUT2D eigenvalue weighted by Gasteiger charge is 2.50. The van der Waals surface area contributed by atoms with Gasteiger partial charge in [0.15, 0.2) is 5.79 Å². The van der Waals surface area contributed by atoms with Crippen molar-refractivity contribution in [1.82, 2.24) is 0 Å². The van der Waals surface area contributed by atoms with Gasteiger partial charge in [-0.25, -0.2) is 0 Å². The van der Waals surface area contributed by atoms with Crippen molar-refractivity contribution in [1.29, 1.82) is 0 Å². The molecule has 3 rings (SSSR count). The third-order valence-electron chi connectivity index (χ3n) is 4.35. The molecule has 2 heteroatoms. The predicted octanol–water partition coefficient (Wildman–Crippen LogP) is 2.72. The maximum absolute atomic E-state index is 5.93. The summed E-state index contributed by atoms with van der Waals surface area (Å²) in [4.78, 5) is 0. The van der Waals surface area contributed by atoms with Crippen LogP contribution in [0, 0.1) is 11.8 Å². The largest absolute Gasteiger partial charge is 0.347 e. The Morgan fingerprint density at radius 3 is 2.43 bits per heavy atom. The van der Waals surface area contributed by atoms with E-state index in [2.05, 4.69) is 0 Å². The Balaban J connectivity index is 1.82. The molecule has 1 aliphatic heterocycles. The molecule has 0 N–H and O–H groups in total. The van der Waals surface area contributed by atoms with E-state index in [1.807, 2.05) is 0 Å². The van der Waals surface area contributed by atoms with Gasteiger partial charge in [-0.2, -0.15) is 0 Å². The van der Waals surface area contributed by atoms with Crippen LogP contribution in [0.25, 0.3) is 0 Å². The molecule has 2 atom stereocenters. The molecule has 0 aromatic rings. The second-order valence-corrected chi connectivity index (χ2v) is 5.05. The summed E-state index contributed by atoms with van der Waals surface area (Å²) in [5.41, 5.74) is 0. The molecule has 0 aromatic carbocycles. The molecule has 2 unspecified atom stereocenters. The van der Waals surface area contributed by atoms with E-state index in [-0.39, 0.29) is 5.79 Å². The number of fused-ring (bicyclic) bond motifs is 2. The van der Waals surface area contributed by atoms with Gasteiger partial charge in [-0.3, -0.25) is 0 Å². The number of hydrogen-bond acceptors (Lipinski definition) is 2. The van der Waals surface area contributed by atoms with Crippen molar-refractivity contribution in [3.63, 3.8) is 0 Å². The molecule has 1 saturated heterocycles. The van der Waals surface area contributed by atoms with E-state index in [0.29, 0.717) is 5.92 Å². The van der Waals surface area contributed by atoms with Crippen LogP contribution in [-0.2, 0) is 9.47 Å². The molecular weight excluding hydrogens is 176 g/mol. The standard InChI is InChI=1S/C12H20O2/c1-2-6-11-10(4-1)5-3-7-12(11)13-8-9-14-12/h10-11H,1-9H2. The SMILES string of the molecule is C1CCC2C(C1)CCCC21OCCO1. The van der Waals surface area contributed by atoms with Crippen LogP contribution >= 0.6 is 0 Å². The van der Waals surface area contributed by atoms with Crippen molar-refractivity contribution >= 4 is 0 Å². The Morgan fingerprint density at radius 1 is 0.857 bits per heavy atom. The van der Waals surface area contributed by atoms with Crippen LogP contribution in [0.5, 0.6) is 0 Å². The van der Waals surface area contributed by atoms with E-state index in [1.54, 1.807) is 0 Å². The minimum Gasteiger partial charge on any atom is -0.347 e. The van der Waals surface area contributed by atoms with Crippen LogP contribution in [0.4, 0.5) is 0 Å². The summed E-state index contributed by atoms with van der Waals surface area (Å²) in [5, 5.41) is 0. The molecule has 0 bridgehead atoms. The summed E-state index contributed by atoms with van der Waals surface area (Å²) in [5.74, 6) is 1.48. The van der Waals surface area contributed by atoms with Gasteiger partial charge in [-0.05, 0) is 31.6 Å². The lowest BCUT2D eigenvalue weighted by molar-refractivity contribution is -0.232. The fourth-order valence-corrected chi connectivity index (χ4v) is 3.76. The average molecular weight is 196 g/mol. The number of hydrogen-bond donors (Lipinski definition) is 0. The van der Waals surface area contributed by atoms with Gasteiger partial charge in [-0.15, -0.1) is 0 Å². The van der Waals surface area contributed by atoms with Gasteiger partial charge in [0.05, 0.1) is 13.2 Å². The molecule has 0 aromatic heterocycles. The maximum Gasteiger partial charge on any atom is 0.171 e. The van der Waals surface area contributed by atoms with E-state index in [9.17, 15) is 0 Å². The van der Waals surface area contributed by atoms with Crippen molar-refractivity contribution in [3.05, 3.63) is 0 Å². The molecule has 3 aliphatic rings. The molecule has 1 heterocycles. The van der Waals surface area contributed by atoms with E-state index >= 15 is 0 Å². The monoisotopic (exact) mass is 196 g/mol. The fourth-order valence-electron chi connectivity index (χ4n) is 3.76. The Morgan fingerprint density at radius 2 is 1.57 bits per heavy atom. The first-order valence-corrected chi connectivity index (χ1v) is 6.19. The zero-order valence-corrected chi connectivity index (χ0v) is 8.84. The summed E-state index contributed by atoms with van der Waals surface area (Å²) in [6.45, 7) is 1.65. The van der Waals surface area contributed by atoms with Gasteiger partial charge in [0.1, 0.15) is 0 Å². The van der Waals surface area contributed by atoms with Crippen LogP contribution in [-0.4, -0.2) is 19.0 Å². The van der Waals surface area contributed by atoms with Gasteiger partial charge >= 0.3 is 0 Å². The molecule has 80 valence electrons. The first-order valence-electron chi connectivity index (χ1n) is 6.19. The van der Waals surface area contributed by atoms with Gasteiger partial charge < -0.3 is 9.47 Å². The predicted molar refractivity (Wildman–Crippen MR) is 53.9 cm³/mol. The zero-order valence-electron chi connectivity index (χ0n) is 8.84. The van der Waals surface area contributed by atoms with Crippen LogP contribution in [0.15, 0.2) is 0 Å². The Bertz CT molecular complexity index is 206. The maximum atomic E-state index is 5.93. The van der Waals surface area contributed by atoms with Crippen molar-refractivity contribution in [2.45, 2.75) is 50.7 Å². The molecule has 1 spiro atoms. The van der Waals surface area contributed by atoms with Crippen molar-refractivity contribution in [2.24, 2.45) is 11.8 Å². The molecule has 2 nitrogen and oxygen atoms in total. The molecule has 2 saturated carbocycles.